The van der Waals surface area contributed by atoms with Crippen LogP contribution in [0.1, 0.15) is 43.5 Å². The number of phenolic OH excluding ortho intramolecular Hbond substituents is 1. The number of fused-ring (bicyclic) bond motifs is 1. The number of hydrogen-bond donors (Lipinski definition) is 1. The molecule has 0 aromatic heterocycles. The van der Waals surface area contributed by atoms with Crippen molar-refractivity contribution in [3.8, 4) is 11.5 Å². The zero-order valence-electron chi connectivity index (χ0n) is 20.0. The van der Waals surface area contributed by atoms with E-state index in [0.717, 1.165) is 17.7 Å². The van der Waals surface area contributed by atoms with E-state index in [2.05, 4.69) is 0 Å². The zero-order valence-corrected chi connectivity index (χ0v) is 24.3. The molecule has 0 saturated carbocycles. The van der Waals surface area contributed by atoms with Crippen LogP contribution in [0, 0.1) is 11.6 Å². The number of carbonyl (C=O) groups is 1. The Balaban J connectivity index is 1.56. The molecule has 1 N–H and O–H groups in total. The fraction of sp³-hybridized carbons (Fsp3) is 0.480. The summed E-state index contributed by atoms with van der Waals surface area (Å²) in [7, 11) is 0. The average Bonchev–Trinajstić information content (AvgIpc) is 2.68. The summed E-state index contributed by atoms with van der Waals surface area (Å²) in [6, 6.07) is 6.05. The summed E-state index contributed by atoms with van der Waals surface area (Å²) in [4.78, 5) is 15.3. The average molecular weight is 730 g/mol. The number of likely N-dealkylation sites (tertiary alicyclic amines) is 1. The molecule has 196 valence electrons. The molecule has 2 aromatic rings. The van der Waals surface area contributed by atoms with E-state index in [-0.39, 0.29) is 36.7 Å². The van der Waals surface area contributed by atoms with Crippen LogP contribution in [-0.4, -0.2) is 60.6 Å². The van der Waals surface area contributed by atoms with Crippen molar-refractivity contribution in [2.75, 3.05) is 26.2 Å². The number of rotatable bonds is 5. The second-order valence-corrected chi connectivity index (χ2v) is 15.5. The van der Waals surface area contributed by atoms with E-state index >= 15 is 8.78 Å². The number of benzene rings is 2. The lowest BCUT2D eigenvalue weighted by atomic mass is 9.87. The molecule has 1 atom stereocenters. The van der Waals surface area contributed by atoms with Gasteiger partial charge >= 0.3 is 6.09 Å². The van der Waals surface area contributed by atoms with Gasteiger partial charge in [-0.3, -0.25) is 4.90 Å². The minimum absolute atomic E-state index is 0.0125. The van der Waals surface area contributed by atoms with E-state index in [1.807, 2.05) is 0 Å². The van der Waals surface area contributed by atoms with Gasteiger partial charge in [-0.1, -0.05) is 6.07 Å². The zero-order chi connectivity index (χ0) is 26.4. The number of alkyl halides is 3. The Hall–Kier alpha value is -1.48. The van der Waals surface area contributed by atoms with Gasteiger partial charge in [-0.05, 0) is 95.6 Å². The van der Waals surface area contributed by atoms with E-state index < -0.39 is 37.2 Å². The Morgan fingerprint density at radius 2 is 1.78 bits per heavy atom. The number of phenols is 1. The Bertz CT molecular complexity index is 1120. The van der Waals surface area contributed by atoms with Gasteiger partial charge in [0, 0.05) is 24.2 Å². The third kappa shape index (κ3) is 6.50. The highest BCUT2D eigenvalue weighted by atomic mass is 127. The molecule has 1 unspecified atom stereocenters. The molecule has 0 spiro atoms. The van der Waals surface area contributed by atoms with Gasteiger partial charge in [-0.2, -0.15) is 0 Å². The number of aromatic hydroxyl groups is 1. The smallest absolute Gasteiger partial charge is 0.410 e. The molecular formula is C25H27F3I2N2O4. The molecule has 2 heterocycles. The van der Waals surface area contributed by atoms with Gasteiger partial charge in [0.05, 0.1) is 25.7 Å². The molecule has 2 aromatic carbocycles. The lowest BCUT2D eigenvalue weighted by Crippen LogP contribution is -2.57. The summed E-state index contributed by atoms with van der Waals surface area (Å²) in [5.74, 6) is -1.54. The molecule has 11 heteroatoms. The molecular weight excluding hydrogens is 703 g/mol. The molecule has 36 heavy (non-hydrogen) atoms. The summed E-state index contributed by atoms with van der Waals surface area (Å²) in [5.41, 5.74) is 0.564. The lowest BCUT2D eigenvalue weighted by Gasteiger charge is -2.40. The largest absolute Gasteiger partial charge is 0.508 e. The molecule has 6 nitrogen and oxygen atoms in total. The van der Waals surface area contributed by atoms with Crippen LogP contribution in [0.5, 0.6) is 11.5 Å². The number of hydrogen-bond acceptors (Lipinski definition) is 5. The van der Waals surface area contributed by atoms with Crippen LogP contribution in [0.2, 0.25) is 0 Å². The molecule has 2 aliphatic heterocycles. The Labute approximate surface area is 235 Å². The quantitative estimate of drug-likeness (QED) is 0.298. The van der Waals surface area contributed by atoms with Crippen LogP contribution < -0.4 is 4.74 Å². The van der Waals surface area contributed by atoms with Crippen LogP contribution >= 0.6 is 45.2 Å². The van der Waals surface area contributed by atoms with Crippen molar-refractivity contribution in [3.63, 3.8) is 0 Å². The number of amides is 1. The first-order chi connectivity index (χ1) is 16.7. The molecule has 1 fully saturated rings. The first kappa shape index (κ1) is 27.6. The second-order valence-electron chi connectivity index (χ2n) is 10.0. The Morgan fingerprint density at radius 1 is 1.14 bits per heavy atom. The van der Waals surface area contributed by atoms with Crippen LogP contribution in [0.25, 0.3) is 0 Å². The van der Waals surface area contributed by atoms with Crippen molar-refractivity contribution in [2.45, 2.75) is 46.6 Å². The number of ether oxygens (including phenoxy) is 2. The normalized spacial score (nSPS) is 19.0. The summed E-state index contributed by atoms with van der Waals surface area (Å²) in [6.45, 7) is 6.14. The fourth-order valence-electron chi connectivity index (χ4n) is 4.47. The molecule has 0 radical (unpaired) electrons. The summed E-state index contributed by atoms with van der Waals surface area (Å²) >= 11 is 3.33. The van der Waals surface area contributed by atoms with Gasteiger partial charge in [0.1, 0.15) is 34.8 Å². The van der Waals surface area contributed by atoms with Crippen molar-refractivity contribution >= 4 is 51.3 Å². The van der Waals surface area contributed by atoms with Gasteiger partial charge < -0.3 is 19.5 Å². The van der Waals surface area contributed by atoms with Crippen LogP contribution in [0.15, 0.2) is 30.3 Å². The van der Waals surface area contributed by atoms with E-state index in [0.29, 0.717) is 18.5 Å². The second kappa shape index (κ2) is 10.4. The summed E-state index contributed by atoms with van der Waals surface area (Å²) in [6.07, 6.45) is -0.363. The topological polar surface area (TPSA) is 62.2 Å². The van der Waals surface area contributed by atoms with Gasteiger partial charge in [0.2, 0.25) is 1.68 Å². The summed E-state index contributed by atoms with van der Waals surface area (Å²) in [5, 5.41) is 9.89. The van der Waals surface area contributed by atoms with Crippen molar-refractivity contribution < 1.29 is 32.5 Å². The maximum atomic E-state index is 15.5. The van der Waals surface area contributed by atoms with Crippen molar-refractivity contribution in [3.05, 3.63) is 58.7 Å². The Kier molecular flexibility index (Phi) is 7.92. The maximum Gasteiger partial charge on any atom is 0.410 e. The van der Waals surface area contributed by atoms with E-state index in [1.54, 1.807) is 83.0 Å². The van der Waals surface area contributed by atoms with Gasteiger partial charge in [0.25, 0.3) is 0 Å². The Morgan fingerprint density at radius 3 is 2.36 bits per heavy atom. The number of halogens is 5. The van der Waals surface area contributed by atoms with Crippen LogP contribution in [0.4, 0.5) is 18.0 Å². The van der Waals surface area contributed by atoms with Crippen molar-refractivity contribution in [1.29, 1.82) is 0 Å². The lowest BCUT2D eigenvalue weighted by molar-refractivity contribution is -0.0223. The molecule has 0 bridgehead atoms. The van der Waals surface area contributed by atoms with Crippen molar-refractivity contribution in [2.24, 2.45) is 0 Å². The maximum absolute atomic E-state index is 15.5. The van der Waals surface area contributed by atoms with Crippen LogP contribution in [0.3, 0.4) is 0 Å². The highest BCUT2D eigenvalue weighted by Gasteiger charge is 2.38. The standard InChI is InChI=1S/C25H27F3I2N2O4/c1-24(2,3)36-23(34)32-11-17(12-32)35-16-9-19(26)21(20(27)10-16)22-18-5-4-15(33)8-14(18)6-7-31(22)13-25(28,29)30/h4-5,8-10,17,22,33H,6-7,11-13H2,1-3H3. The van der Waals surface area contributed by atoms with Gasteiger partial charge in [-0.15, -0.1) is 0 Å². The minimum atomic E-state index is -1.64. The molecule has 0 aliphatic carbocycles. The minimum Gasteiger partial charge on any atom is -0.508 e. The highest BCUT2D eigenvalue weighted by molar-refractivity contribution is 14.2. The van der Waals surface area contributed by atoms with E-state index in [4.69, 9.17) is 9.47 Å². The third-order valence-electron chi connectivity index (χ3n) is 5.97. The monoisotopic (exact) mass is 730 g/mol. The highest BCUT2D eigenvalue weighted by Crippen LogP contribution is 2.42. The molecule has 1 saturated heterocycles. The van der Waals surface area contributed by atoms with Gasteiger partial charge in [0.15, 0.2) is 0 Å². The third-order valence-corrected chi connectivity index (χ3v) is 6.65. The first-order valence-corrected chi connectivity index (χ1v) is 13.6. The molecule has 1 amide bonds. The molecule has 4 rings (SSSR count). The van der Waals surface area contributed by atoms with Crippen LogP contribution in [-0.2, 0) is 11.2 Å². The van der Waals surface area contributed by atoms with Crippen molar-refractivity contribution in [1.82, 2.24) is 9.80 Å². The predicted molar refractivity (Wildman–Crippen MR) is 146 cm³/mol. The summed E-state index contributed by atoms with van der Waals surface area (Å²) < 4.78 is 54.9. The van der Waals surface area contributed by atoms with E-state index in [9.17, 15) is 14.3 Å². The fourth-order valence-corrected chi connectivity index (χ4v) is 5.35. The number of carbonyl (C=O) groups excluding carboxylic acids is 1. The molecule has 2 aliphatic rings. The predicted octanol–water partition coefficient (Wildman–Crippen LogP) is 6.11. The number of nitrogens with zero attached hydrogens (tertiary/aromatic N) is 2. The van der Waals surface area contributed by atoms with Gasteiger partial charge in [-0.25, -0.2) is 18.0 Å². The first-order valence-electron chi connectivity index (χ1n) is 11.5. The SMILES string of the molecule is CC(C)(C)OC(=O)N1CC(Oc2cc(F)c(C3c4ccc(O)cc4CCN3CC(F)(I)I)c(F)c2)C1. The van der Waals surface area contributed by atoms with E-state index in [1.165, 1.54) is 11.0 Å².